The lowest BCUT2D eigenvalue weighted by Crippen LogP contribution is -2.36. The van der Waals surface area contributed by atoms with E-state index in [0.717, 1.165) is 35.7 Å². The summed E-state index contributed by atoms with van der Waals surface area (Å²) in [4.78, 5) is 15.0. The van der Waals surface area contributed by atoms with Crippen molar-refractivity contribution < 1.29 is 13.2 Å². The Kier molecular flexibility index (Phi) is 8.26. The minimum atomic E-state index is -3.63. The van der Waals surface area contributed by atoms with E-state index in [0.29, 0.717) is 29.3 Å². The van der Waals surface area contributed by atoms with Gasteiger partial charge in [0.05, 0.1) is 11.3 Å². The molecule has 1 aliphatic rings. The standard InChI is InChI=1S/C26H29N3O3S2/c30-26(28-18-20-13-15-27-16-14-20)24-17-22(11-12-25(24)33-23-9-5-2-6-10-23)29-34(31,32)19-21-7-3-1-4-8-21/h1-12,17,20,27,29H,13-16,18-19H2,(H,28,30). The zero-order chi connectivity index (χ0) is 23.8. The van der Waals surface area contributed by atoms with Gasteiger partial charge in [-0.15, -0.1) is 0 Å². The predicted octanol–water partition coefficient (Wildman–Crippen LogP) is 4.51. The van der Waals surface area contributed by atoms with Gasteiger partial charge in [0.2, 0.25) is 10.0 Å². The minimum absolute atomic E-state index is 0.133. The van der Waals surface area contributed by atoms with Crippen LogP contribution < -0.4 is 15.4 Å². The molecular formula is C26H29N3O3S2. The number of hydrogen-bond acceptors (Lipinski definition) is 5. The molecular weight excluding hydrogens is 466 g/mol. The Morgan fingerprint density at radius 2 is 1.62 bits per heavy atom. The van der Waals surface area contributed by atoms with Gasteiger partial charge in [0, 0.05) is 22.0 Å². The molecule has 4 rings (SSSR count). The first-order chi connectivity index (χ1) is 16.5. The van der Waals surface area contributed by atoms with Crippen LogP contribution in [0.1, 0.15) is 28.8 Å². The number of sulfonamides is 1. The first kappa shape index (κ1) is 24.3. The van der Waals surface area contributed by atoms with E-state index in [1.165, 1.54) is 11.8 Å². The van der Waals surface area contributed by atoms with Crippen LogP contribution >= 0.6 is 11.8 Å². The van der Waals surface area contributed by atoms with Gasteiger partial charge in [0.25, 0.3) is 5.91 Å². The van der Waals surface area contributed by atoms with Gasteiger partial charge in [0.15, 0.2) is 0 Å². The molecule has 3 aromatic carbocycles. The van der Waals surface area contributed by atoms with Gasteiger partial charge in [-0.1, -0.05) is 60.3 Å². The van der Waals surface area contributed by atoms with Gasteiger partial charge >= 0.3 is 0 Å². The average Bonchev–Trinajstić information content (AvgIpc) is 2.85. The molecule has 6 nitrogen and oxygen atoms in total. The van der Waals surface area contributed by atoms with Crippen molar-refractivity contribution >= 4 is 33.4 Å². The molecule has 0 bridgehead atoms. The van der Waals surface area contributed by atoms with Crippen molar-refractivity contribution in [3.63, 3.8) is 0 Å². The topological polar surface area (TPSA) is 87.3 Å². The second-order valence-electron chi connectivity index (χ2n) is 8.38. The van der Waals surface area contributed by atoms with Crippen molar-refractivity contribution in [3.8, 4) is 0 Å². The van der Waals surface area contributed by atoms with Crippen LogP contribution in [0.5, 0.6) is 0 Å². The first-order valence-electron chi connectivity index (χ1n) is 11.4. The predicted molar refractivity (Wildman–Crippen MR) is 138 cm³/mol. The van der Waals surface area contributed by atoms with Crippen molar-refractivity contribution in [2.45, 2.75) is 28.4 Å². The Bertz CT molecular complexity index is 1200. The molecule has 34 heavy (non-hydrogen) atoms. The number of carbonyl (C=O) groups is 1. The summed E-state index contributed by atoms with van der Waals surface area (Å²) >= 11 is 1.49. The van der Waals surface area contributed by atoms with Crippen LogP contribution in [0.15, 0.2) is 88.7 Å². The van der Waals surface area contributed by atoms with Crippen LogP contribution in [0, 0.1) is 5.92 Å². The van der Waals surface area contributed by atoms with E-state index in [1.807, 2.05) is 48.5 Å². The van der Waals surface area contributed by atoms with Gasteiger partial charge in [-0.3, -0.25) is 9.52 Å². The molecule has 0 unspecified atom stereocenters. The maximum absolute atomic E-state index is 13.2. The number of piperidine rings is 1. The monoisotopic (exact) mass is 495 g/mol. The van der Waals surface area contributed by atoms with E-state index >= 15 is 0 Å². The summed E-state index contributed by atoms with van der Waals surface area (Å²) in [5.41, 5.74) is 1.54. The summed E-state index contributed by atoms with van der Waals surface area (Å²) in [5, 5.41) is 6.40. The molecule has 1 aliphatic heterocycles. The van der Waals surface area contributed by atoms with E-state index in [9.17, 15) is 13.2 Å². The number of nitrogens with one attached hydrogen (secondary N) is 3. The van der Waals surface area contributed by atoms with E-state index in [-0.39, 0.29) is 11.7 Å². The van der Waals surface area contributed by atoms with Crippen LogP contribution in [0.2, 0.25) is 0 Å². The Morgan fingerprint density at radius 3 is 2.32 bits per heavy atom. The highest BCUT2D eigenvalue weighted by Crippen LogP contribution is 2.32. The Morgan fingerprint density at radius 1 is 0.941 bits per heavy atom. The summed E-state index contributed by atoms with van der Waals surface area (Å²) in [6, 6.07) is 24.0. The lowest BCUT2D eigenvalue weighted by Gasteiger charge is -2.23. The zero-order valence-corrected chi connectivity index (χ0v) is 20.5. The Hall–Kier alpha value is -2.81. The third-order valence-corrected chi connectivity index (χ3v) is 8.02. The number of carbonyl (C=O) groups excluding carboxylic acids is 1. The van der Waals surface area contributed by atoms with Crippen molar-refractivity contribution in [1.29, 1.82) is 0 Å². The molecule has 178 valence electrons. The second-order valence-corrected chi connectivity index (χ2v) is 11.2. The van der Waals surface area contributed by atoms with E-state index in [1.54, 1.807) is 30.3 Å². The average molecular weight is 496 g/mol. The molecule has 3 aromatic rings. The molecule has 8 heteroatoms. The second kappa shape index (κ2) is 11.6. The van der Waals surface area contributed by atoms with Gasteiger partial charge in [-0.2, -0.15) is 0 Å². The SMILES string of the molecule is O=C(NCC1CCNCC1)c1cc(NS(=O)(=O)Cc2ccccc2)ccc1Sc1ccccc1. The molecule has 0 spiro atoms. The fourth-order valence-corrected chi connectivity index (χ4v) is 6.04. The fourth-order valence-electron chi connectivity index (χ4n) is 3.90. The molecule has 1 saturated heterocycles. The van der Waals surface area contributed by atoms with Crippen LogP contribution in [0.3, 0.4) is 0 Å². The van der Waals surface area contributed by atoms with Crippen LogP contribution in [0.4, 0.5) is 5.69 Å². The smallest absolute Gasteiger partial charge is 0.252 e. The van der Waals surface area contributed by atoms with Gasteiger partial charge in [-0.05, 0) is 67.7 Å². The van der Waals surface area contributed by atoms with Crippen LogP contribution in [0.25, 0.3) is 0 Å². The zero-order valence-electron chi connectivity index (χ0n) is 18.9. The van der Waals surface area contributed by atoms with Crippen LogP contribution in [-0.4, -0.2) is 34.0 Å². The normalized spacial score (nSPS) is 14.5. The summed E-state index contributed by atoms with van der Waals surface area (Å²) in [6.07, 6.45) is 2.07. The third-order valence-electron chi connectivity index (χ3n) is 5.68. The maximum atomic E-state index is 13.2. The number of rotatable bonds is 9. The van der Waals surface area contributed by atoms with Gasteiger partial charge in [-0.25, -0.2) is 8.42 Å². The van der Waals surface area contributed by atoms with Crippen molar-refractivity contribution in [2.24, 2.45) is 5.92 Å². The van der Waals surface area contributed by atoms with Crippen LogP contribution in [-0.2, 0) is 15.8 Å². The highest BCUT2D eigenvalue weighted by molar-refractivity contribution is 7.99. The molecule has 1 heterocycles. The number of amides is 1. The summed E-state index contributed by atoms with van der Waals surface area (Å²) < 4.78 is 28.1. The number of anilines is 1. The Balaban J connectivity index is 1.54. The van der Waals surface area contributed by atoms with Crippen molar-refractivity contribution in [2.75, 3.05) is 24.4 Å². The number of hydrogen-bond donors (Lipinski definition) is 3. The van der Waals surface area contributed by atoms with Crippen molar-refractivity contribution in [1.82, 2.24) is 10.6 Å². The molecule has 0 aliphatic carbocycles. The van der Waals surface area contributed by atoms with E-state index in [2.05, 4.69) is 15.4 Å². The lowest BCUT2D eigenvalue weighted by molar-refractivity contribution is 0.0941. The molecule has 0 saturated carbocycles. The molecule has 3 N–H and O–H groups in total. The van der Waals surface area contributed by atoms with E-state index < -0.39 is 10.0 Å². The number of benzene rings is 3. The largest absolute Gasteiger partial charge is 0.352 e. The van der Waals surface area contributed by atoms with E-state index in [4.69, 9.17) is 0 Å². The summed E-state index contributed by atoms with van der Waals surface area (Å²) in [5.74, 6) is 0.120. The van der Waals surface area contributed by atoms with Crippen molar-refractivity contribution in [3.05, 3.63) is 90.0 Å². The summed E-state index contributed by atoms with van der Waals surface area (Å²) in [7, 11) is -3.63. The minimum Gasteiger partial charge on any atom is -0.352 e. The van der Waals surface area contributed by atoms with Gasteiger partial charge < -0.3 is 10.6 Å². The maximum Gasteiger partial charge on any atom is 0.252 e. The first-order valence-corrected chi connectivity index (χ1v) is 13.9. The fraction of sp³-hybridized carbons (Fsp3) is 0.269. The molecule has 1 amide bonds. The van der Waals surface area contributed by atoms with Gasteiger partial charge in [0.1, 0.15) is 0 Å². The lowest BCUT2D eigenvalue weighted by atomic mass is 9.98. The Labute approximate surface area is 205 Å². The molecule has 1 fully saturated rings. The quantitative estimate of drug-likeness (QED) is 0.407. The highest BCUT2D eigenvalue weighted by atomic mass is 32.2. The summed E-state index contributed by atoms with van der Waals surface area (Å²) in [6.45, 7) is 2.54. The molecule has 0 radical (unpaired) electrons. The highest BCUT2D eigenvalue weighted by Gasteiger charge is 2.19. The molecule has 0 atom stereocenters. The third kappa shape index (κ3) is 7.09. The molecule has 0 aromatic heterocycles.